The molecule has 0 saturated carbocycles. The number of nitrogens with zero attached hydrogens (tertiary/aromatic N) is 5. The van der Waals surface area contributed by atoms with Crippen molar-refractivity contribution < 1.29 is 53.0 Å². The molecule has 4 aromatic rings. The molecule has 51 heavy (non-hydrogen) atoms. The number of aromatic amines is 1. The van der Waals surface area contributed by atoms with Crippen LogP contribution < -0.4 is 0 Å². The monoisotopic (exact) mass is 706 g/mol. The molecule has 2 aliphatic heterocycles. The number of hydrogen-bond donors (Lipinski definition) is 3. The summed E-state index contributed by atoms with van der Waals surface area (Å²) >= 11 is 0. The van der Waals surface area contributed by atoms with Gasteiger partial charge in [-0.05, 0) is 42.2 Å². The van der Waals surface area contributed by atoms with Crippen LogP contribution in [0.4, 0.5) is 9.59 Å². The number of aliphatic hydroxyl groups is 1. The van der Waals surface area contributed by atoms with Gasteiger partial charge in [0.25, 0.3) is 0 Å². The van der Waals surface area contributed by atoms with Crippen molar-refractivity contribution in [2.45, 2.75) is 83.4 Å². The Morgan fingerprint density at radius 3 is 2.27 bits per heavy atom. The van der Waals surface area contributed by atoms with Crippen molar-refractivity contribution in [2.75, 3.05) is 13.2 Å². The molecule has 270 valence electrons. The highest BCUT2D eigenvalue weighted by Crippen LogP contribution is 2.33. The van der Waals surface area contributed by atoms with E-state index in [1.807, 2.05) is 55.5 Å². The summed E-state index contributed by atoms with van der Waals surface area (Å²) in [5, 5.41) is 34.4. The SMILES string of the molecule is CCCc1nc(C(C)(C)O)c(C(=O)OC(C)OC(=O)O[C@H]2CO[C@H]3[C@@H]2OC[C@H]3OC(=O)O)n1Cc1ccc(-c2ccccc2-c2nn[nH]n2)cc1. The number of fused-ring (bicyclic) bond motifs is 1. The number of aromatic nitrogens is 6. The number of imidazole rings is 1. The van der Waals surface area contributed by atoms with Crippen molar-refractivity contribution >= 4 is 18.3 Å². The van der Waals surface area contributed by atoms with E-state index in [9.17, 15) is 19.5 Å². The minimum absolute atomic E-state index is 0.0113. The summed E-state index contributed by atoms with van der Waals surface area (Å²) in [7, 11) is 0. The molecular weight excluding hydrogens is 668 g/mol. The first kappa shape index (κ1) is 35.4. The number of aryl methyl sites for hydroxylation is 1. The molecule has 0 amide bonds. The average Bonchev–Trinajstić information content (AvgIpc) is 3.88. The Labute approximate surface area is 291 Å². The summed E-state index contributed by atoms with van der Waals surface area (Å²) in [6.45, 7) is 6.47. The van der Waals surface area contributed by atoms with E-state index < -0.39 is 54.6 Å². The normalized spacial score (nSPS) is 20.4. The molecule has 6 rings (SSSR count). The molecule has 0 spiro atoms. The molecular formula is C34H38N6O11. The van der Waals surface area contributed by atoms with Gasteiger partial charge >= 0.3 is 18.3 Å². The first-order valence-electron chi connectivity index (χ1n) is 16.4. The number of hydrogen-bond acceptors (Lipinski definition) is 14. The van der Waals surface area contributed by atoms with Crippen LogP contribution in [0.15, 0.2) is 48.5 Å². The lowest BCUT2D eigenvalue weighted by molar-refractivity contribution is -0.0994. The second-order valence-corrected chi connectivity index (χ2v) is 12.6. The lowest BCUT2D eigenvalue weighted by Crippen LogP contribution is -2.36. The van der Waals surface area contributed by atoms with Gasteiger partial charge in [0.1, 0.15) is 29.3 Å². The molecule has 2 aliphatic rings. The second-order valence-electron chi connectivity index (χ2n) is 12.6. The van der Waals surface area contributed by atoms with Gasteiger partial charge in [0, 0.05) is 25.5 Å². The zero-order valence-electron chi connectivity index (χ0n) is 28.3. The third-order valence-electron chi connectivity index (χ3n) is 8.41. The molecule has 17 heteroatoms. The molecule has 17 nitrogen and oxygen atoms in total. The number of carboxylic acid groups (broad SMARTS) is 1. The molecule has 4 heterocycles. The molecule has 2 aromatic carbocycles. The minimum atomic E-state index is -1.52. The van der Waals surface area contributed by atoms with E-state index in [2.05, 4.69) is 25.6 Å². The molecule has 0 bridgehead atoms. The molecule has 0 radical (unpaired) electrons. The van der Waals surface area contributed by atoms with Crippen molar-refractivity contribution in [2.24, 2.45) is 0 Å². The predicted molar refractivity (Wildman–Crippen MR) is 174 cm³/mol. The van der Waals surface area contributed by atoms with Gasteiger partial charge in [-0.2, -0.15) is 5.21 Å². The van der Waals surface area contributed by atoms with E-state index in [0.717, 1.165) is 22.3 Å². The number of nitrogens with one attached hydrogen (secondary N) is 1. The Morgan fingerprint density at radius 2 is 1.67 bits per heavy atom. The van der Waals surface area contributed by atoms with Crippen molar-refractivity contribution in [3.05, 3.63) is 71.3 Å². The first-order chi connectivity index (χ1) is 24.4. The Morgan fingerprint density at radius 1 is 1.00 bits per heavy atom. The van der Waals surface area contributed by atoms with Gasteiger partial charge in [-0.25, -0.2) is 19.4 Å². The maximum Gasteiger partial charge on any atom is 0.511 e. The van der Waals surface area contributed by atoms with Gasteiger partial charge in [-0.1, -0.05) is 55.5 Å². The predicted octanol–water partition coefficient (Wildman–Crippen LogP) is 3.84. The summed E-state index contributed by atoms with van der Waals surface area (Å²) < 4.78 is 33.7. The zero-order chi connectivity index (χ0) is 36.3. The van der Waals surface area contributed by atoms with Gasteiger partial charge in [-0.15, -0.1) is 10.2 Å². The summed E-state index contributed by atoms with van der Waals surface area (Å²) in [5.41, 5.74) is 2.09. The van der Waals surface area contributed by atoms with Gasteiger partial charge in [-0.3, -0.25) is 0 Å². The van der Waals surface area contributed by atoms with Crippen molar-refractivity contribution in [3.8, 4) is 22.5 Å². The number of tetrazole rings is 1. The highest BCUT2D eigenvalue weighted by molar-refractivity contribution is 5.89. The number of ether oxygens (including phenoxy) is 6. The molecule has 2 aromatic heterocycles. The number of carbonyl (C=O) groups excluding carboxylic acids is 2. The lowest BCUT2D eigenvalue weighted by atomic mass is 9.98. The second kappa shape index (κ2) is 14.8. The smallest absolute Gasteiger partial charge is 0.450 e. The molecule has 2 saturated heterocycles. The number of carbonyl (C=O) groups is 3. The Kier molecular flexibility index (Phi) is 10.3. The van der Waals surface area contributed by atoms with Crippen molar-refractivity contribution in [1.82, 2.24) is 30.2 Å². The fourth-order valence-corrected chi connectivity index (χ4v) is 6.17. The maximum absolute atomic E-state index is 13.8. The zero-order valence-corrected chi connectivity index (χ0v) is 28.3. The van der Waals surface area contributed by atoms with E-state index in [0.29, 0.717) is 24.5 Å². The topological polar surface area (TPSA) is 219 Å². The highest BCUT2D eigenvalue weighted by Gasteiger charge is 2.51. The average molecular weight is 707 g/mol. The van der Waals surface area contributed by atoms with Crippen LogP contribution in [0.3, 0.4) is 0 Å². The number of H-pyrrole nitrogens is 1. The van der Waals surface area contributed by atoms with Crippen LogP contribution in [0.2, 0.25) is 0 Å². The van der Waals surface area contributed by atoms with Crippen LogP contribution in [0.5, 0.6) is 0 Å². The van der Waals surface area contributed by atoms with Gasteiger partial charge in [0.05, 0.1) is 13.2 Å². The summed E-state index contributed by atoms with van der Waals surface area (Å²) in [5.74, 6) is 0.167. The Hall–Kier alpha value is -5.39. The van der Waals surface area contributed by atoms with E-state index in [1.165, 1.54) is 20.8 Å². The maximum atomic E-state index is 13.8. The van der Waals surface area contributed by atoms with Crippen LogP contribution in [-0.2, 0) is 47.0 Å². The molecule has 2 fully saturated rings. The van der Waals surface area contributed by atoms with E-state index >= 15 is 0 Å². The highest BCUT2D eigenvalue weighted by atomic mass is 16.8. The van der Waals surface area contributed by atoms with Crippen LogP contribution in [0.1, 0.15) is 61.7 Å². The molecule has 5 atom stereocenters. The fourth-order valence-electron chi connectivity index (χ4n) is 6.17. The number of esters is 1. The van der Waals surface area contributed by atoms with Crippen LogP contribution >= 0.6 is 0 Å². The van der Waals surface area contributed by atoms with Crippen LogP contribution in [-0.4, -0.2) is 103 Å². The third kappa shape index (κ3) is 7.84. The summed E-state index contributed by atoms with van der Waals surface area (Å²) in [6.07, 6.45) is -6.05. The number of benzene rings is 2. The van der Waals surface area contributed by atoms with Gasteiger partial charge < -0.3 is 43.2 Å². The van der Waals surface area contributed by atoms with E-state index in [1.54, 1.807) is 4.57 Å². The Bertz CT molecular complexity index is 1850. The summed E-state index contributed by atoms with van der Waals surface area (Å²) in [4.78, 5) is 42.1. The van der Waals surface area contributed by atoms with Gasteiger partial charge in [0.15, 0.2) is 17.9 Å². The standard InChI is InChI=1S/C34H38N6O11/c1-5-8-25-35-29(34(3,4)45)26(31(41)48-18(2)49-33(44)51-24-17-47-27-23(50-32(42)43)16-46-28(24)27)40(25)15-19-11-13-20(14-12-19)21-9-6-7-10-22(21)30-36-38-39-37-30/h6-7,9-14,18,23-24,27-28,45H,5,8,15-17H2,1-4H3,(H,42,43)(H,36,37,38,39)/t18?,23-,24+,27-,28-/m1/s1. The Balaban J connectivity index is 1.17. The minimum Gasteiger partial charge on any atom is -0.450 e. The third-order valence-corrected chi connectivity index (χ3v) is 8.41. The van der Waals surface area contributed by atoms with E-state index in [-0.39, 0.29) is 31.1 Å². The van der Waals surface area contributed by atoms with Crippen molar-refractivity contribution in [1.29, 1.82) is 0 Å². The van der Waals surface area contributed by atoms with Crippen LogP contribution in [0.25, 0.3) is 22.5 Å². The molecule has 3 N–H and O–H groups in total. The molecule has 1 unspecified atom stereocenters. The van der Waals surface area contributed by atoms with Crippen LogP contribution in [0, 0.1) is 0 Å². The van der Waals surface area contributed by atoms with Crippen molar-refractivity contribution in [3.63, 3.8) is 0 Å². The molecule has 0 aliphatic carbocycles. The fraction of sp³-hybridized carbons (Fsp3) is 0.441. The quantitative estimate of drug-likeness (QED) is 0.108. The lowest BCUT2D eigenvalue weighted by Gasteiger charge is -2.21. The van der Waals surface area contributed by atoms with E-state index in [4.69, 9.17) is 33.5 Å². The van der Waals surface area contributed by atoms with Gasteiger partial charge in [0.2, 0.25) is 12.1 Å². The first-order valence-corrected chi connectivity index (χ1v) is 16.4. The summed E-state index contributed by atoms with van der Waals surface area (Å²) in [6, 6.07) is 15.5. The largest absolute Gasteiger partial charge is 0.511 e. The number of rotatable bonds is 12.